The van der Waals surface area contributed by atoms with Crippen molar-refractivity contribution in [3.05, 3.63) is 60.0 Å². The maximum absolute atomic E-state index is 12.7. The molecule has 0 saturated carbocycles. The van der Waals surface area contributed by atoms with E-state index in [4.69, 9.17) is 11.6 Å². The van der Waals surface area contributed by atoms with E-state index < -0.39 is 0 Å². The summed E-state index contributed by atoms with van der Waals surface area (Å²) in [6.07, 6.45) is 2.00. The van der Waals surface area contributed by atoms with Crippen molar-refractivity contribution in [1.82, 2.24) is 4.98 Å². The Labute approximate surface area is 111 Å². The van der Waals surface area contributed by atoms with Crippen molar-refractivity contribution in [3.8, 4) is 0 Å². The maximum atomic E-state index is 12.7. The number of alkyl halides is 1. The Kier molecular flexibility index (Phi) is 4.53. The normalized spacial score (nSPS) is 12.1. The van der Waals surface area contributed by atoms with E-state index in [0.29, 0.717) is 11.7 Å². The number of rotatable bonds is 5. The molecule has 0 aliphatic heterocycles. The highest BCUT2D eigenvalue weighted by atomic mass is 35.5. The van der Waals surface area contributed by atoms with Crippen LogP contribution in [0.3, 0.4) is 0 Å². The molecule has 0 bridgehead atoms. The lowest BCUT2D eigenvalue weighted by Crippen LogP contribution is -2.24. The third-order valence-electron chi connectivity index (χ3n) is 2.59. The average molecular weight is 265 g/mol. The minimum absolute atomic E-state index is 0.0760. The van der Waals surface area contributed by atoms with Crippen LogP contribution in [0.2, 0.25) is 0 Å². The lowest BCUT2D eigenvalue weighted by molar-refractivity contribution is 0.621. The SMILES string of the molecule is Fc1ccc(NC(CCl)Cc2ccccc2)nc1. The second-order valence-corrected chi connectivity index (χ2v) is 4.36. The van der Waals surface area contributed by atoms with Gasteiger partial charge < -0.3 is 5.32 Å². The second-order valence-electron chi connectivity index (χ2n) is 4.05. The Hall–Kier alpha value is -1.61. The van der Waals surface area contributed by atoms with E-state index in [2.05, 4.69) is 22.4 Å². The summed E-state index contributed by atoms with van der Waals surface area (Å²) in [5.74, 6) is 0.762. The molecule has 2 rings (SSSR count). The molecule has 0 amide bonds. The van der Waals surface area contributed by atoms with E-state index in [1.165, 1.54) is 17.8 Å². The van der Waals surface area contributed by atoms with E-state index in [1.54, 1.807) is 6.07 Å². The molecule has 1 unspecified atom stereocenters. The van der Waals surface area contributed by atoms with E-state index in [0.717, 1.165) is 6.42 Å². The van der Waals surface area contributed by atoms with Crippen LogP contribution in [0.25, 0.3) is 0 Å². The van der Waals surface area contributed by atoms with Crippen LogP contribution in [0.1, 0.15) is 5.56 Å². The summed E-state index contributed by atoms with van der Waals surface area (Å²) in [4.78, 5) is 3.96. The summed E-state index contributed by atoms with van der Waals surface area (Å²) >= 11 is 5.93. The number of nitrogens with one attached hydrogen (secondary N) is 1. The van der Waals surface area contributed by atoms with Gasteiger partial charge in [-0.05, 0) is 24.1 Å². The molecule has 0 fully saturated rings. The lowest BCUT2D eigenvalue weighted by Gasteiger charge is -2.16. The van der Waals surface area contributed by atoms with Crippen LogP contribution in [0, 0.1) is 5.82 Å². The molecule has 0 aliphatic carbocycles. The Morgan fingerprint density at radius 2 is 1.94 bits per heavy atom. The first-order valence-electron chi connectivity index (χ1n) is 5.76. The van der Waals surface area contributed by atoms with E-state index >= 15 is 0 Å². The Morgan fingerprint density at radius 3 is 2.56 bits per heavy atom. The summed E-state index contributed by atoms with van der Waals surface area (Å²) < 4.78 is 12.7. The van der Waals surface area contributed by atoms with Gasteiger partial charge in [0.05, 0.1) is 6.20 Å². The van der Waals surface area contributed by atoms with Crippen molar-refractivity contribution in [2.45, 2.75) is 12.5 Å². The smallest absolute Gasteiger partial charge is 0.141 e. The molecule has 18 heavy (non-hydrogen) atoms. The second kappa shape index (κ2) is 6.36. The number of anilines is 1. The Morgan fingerprint density at radius 1 is 1.17 bits per heavy atom. The van der Waals surface area contributed by atoms with Crippen LogP contribution in [0.5, 0.6) is 0 Å². The van der Waals surface area contributed by atoms with Gasteiger partial charge in [-0.25, -0.2) is 9.37 Å². The quantitative estimate of drug-likeness (QED) is 0.837. The molecule has 0 aliphatic rings. The van der Waals surface area contributed by atoms with Crippen molar-refractivity contribution in [2.24, 2.45) is 0 Å². The zero-order valence-corrected chi connectivity index (χ0v) is 10.6. The summed E-state index contributed by atoms with van der Waals surface area (Å²) in [6.45, 7) is 0. The molecule has 0 radical (unpaired) electrons. The minimum Gasteiger partial charge on any atom is -0.366 e. The van der Waals surface area contributed by atoms with Gasteiger partial charge in [-0.1, -0.05) is 30.3 Å². The Bertz CT molecular complexity index is 473. The van der Waals surface area contributed by atoms with Gasteiger partial charge in [0, 0.05) is 11.9 Å². The highest BCUT2D eigenvalue weighted by Crippen LogP contribution is 2.10. The minimum atomic E-state index is -0.342. The average Bonchev–Trinajstić information content (AvgIpc) is 2.41. The molecule has 1 heterocycles. The number of hydrogen-bond donors (Lipinski definition) is 1. The fourth-order valence-corrected chi connectivity index (χ4v) is 1.90. The van der Waals surface area contributed by atoms with Crippen molar-refractivity contribution >= 4 is 17.4 Å². The molecule has 1 aromatic heterocycles. The molecule has 94 valence electrons. The van der Waals surface area contributed by atoms with Crippen LogP contribution >= 0.6 is 11.6 Å². The molecule has 1 N–H and O–H groups in total. The van der Waals surface area contributed by atoms with Crippen LogP contribution in [-0.2, 0) is 6.42 Å². The number of nitrogens with zero attached hydrogens (tertiary/aromatic N) is 1. The van der Waals surface area contributed by atoms with Crippen molar-refractivity contribution in [1.29, 1.82) is 0 Å². The van der Waals surface area contributed by atoms with Crippen LogP contribution in [-0.4, -0.2) is 16.9 Å². The monoisotopic (exact) mass is 264 g/mol. The van der Waals surface area contributed by atoms with Gasteiger partial charge in [-0.2, -0.15) is 0 Å². The van der Waals surface area contributed by atoms with Crippen molar-refractivity contribution < 1.29 is 4.39 Å². The summed E-state index contributed by atoms with van der Waals surface area (Å²) in [6, 6.07) is 13.1. The predicted molar refractivity (Wildman–Crippen MR) is 72.5 cm³/mol. The molecule has 0 saturated heterocycles. The number of benzene rings is 1. The van der Waals surface area contributed by atoms with Crippen molar-refractivity contribution in [3.63, 3.8) is 0 Å². The highest BCUT2D eigenvalue weighted by molar-refractivity contribution is 6.18. The van der Waals surface area contributed by atoms with Gasteiger partial charge in [-0.3, -0.25) is 0 Å². The van der Waals surface area contributed by atoms with Gasteiger partial charge in [0.15, 0.2) is 0 Å². The number of pyridine rings is 1. The Balaban J connectivity index is 1.99. The van der Waals surface area contributed by atoms with E-state index in [-0.39, 0.29) is 11.9 Å². The zero-order chi connectivity index (χ0) is 12.8. The lowest BCUT2D eigenvalue weighted by atomic mass is 10.1. The molecular formula is C14H14ClFN2. The van der Waals surface area contributed by atoms with Crippen LogP contribution in [0.4, 0.5) is 10.2 Å². The summed E-state index contributed by atoms with van der Waals surface area (Å²) in [7, 11) is 0. The zero-order valence-electron chi connectivity index (χ0n) is 9.81. The number of hydrogen-bond acceptors (Lipinski definition) is 2. The highest BCUT2D eigenvalue weighted by Gasteiger charge is 2.08. The van der Waals surface area contributed by atoms with Crippen LogP contribution in [0.15, 0.2) is 48.7 Å². The summed E-state index contributed by atoms with van der Waals surface area (Å²) in [5.41, 5.74) is 1.21. The molecule has 0 spiro atoms. The van der Waals surface area contributed by atoms with Crippen molar-refractivity contribution in [2.75, 3.05) is 11.2 Å². The van der Waals surface area contributed by atoms with E-state index in [9.17, 15) is 4.39 Å². The first kappa shape index (κ1) is 12.8. The molecular weight excluding hydrogens is 251 g/mol. The number of halogens is 2. The molecule has 2 nitrogen and oxygen atoms in total. The third-order valence-corrected chi connectivity index (χ3v) is 2.96. The van der Waals surface area contributed by atoms with Gasteiger partial charge in [-0.15, -0.1) is 11.6 Å². The predicted octanol–water partition coefficient (Wildman–Crippen LogP) is 3.48. The standard InChI is InChI=1S/C14H14ClFN2/c15-9-13(8-11-4-2-1-3-5-11)18-14-7-6-12(16)10-17-14/h1-7,10,13H,8-9H2,(H,17,18). The molecule has 4 heteroatoms. The first-order valence-corrected chi connectivity index (χ1v) is 6.29. The van der Waals surface area contributed by atoms with Gasteiger partial charge in [0.2, 0.25) is 0 Å². The largest absolute Gasteiger partial charge is 0.366 e. The van der Waals surface area contributed by atoms with Crippen LogP contribution < -0.4 is 5.32 Å². The molecule has 1 aromatic carbocycles. The summed E-state index contributed by atoms with van der Waals surface area (Å²) in [5, 5.41) is 3.19. The first-order chi connectivity index (χ1) is 8.78. The number of aromatic nitrogens is 1. The fraction of sp³-hybridized carbons (Fsp3) is 0.214. The molecule has 1 atom stereocenters. The van der Waals surface area contributed by atoms with Gasteiger partial charge >= 0.3 is 0 Å². The van der Waals surface area contributed by atoms with Gasteiger partial charge in [0.1, 0.15) is 11.6 Å². The maximum Gasteiger partial charge on any atom is 0.141 e. The third kappa shape index (κ3) is 3.70. The molecule has 2 aromatic rings. The fourth-order valence-electron chi connectivity index (χ4n) is 1.71. The topological polar surface area (TPSA) is 24.9 Å². The van der Waals surface area contributed by atoms with Gasteiger partial charge in [0.25, 0.3) is 0 Å². The van der Waals surface area contributed by atoms with E-state index in [1.807, 2.05) is 18.2 Å².